The number of benzene rings is 1. The van der Waals surface area contributed by atoms with Gasteiger partial charge >= 0.3 is 0 Å². The van der Waals surface area contributed by atoms with Crippen LogP contribution in [0, 0.1) is 11.8 Å². The van der Waals surface area contributed by atoms with Crippen molar-refractivity contribution in [1.29, 1.82) is 0 Å². The molecule has 0 bridgehead atoms. The van der Waals surface area contributed by atoms with Crippen molar-refractivity contribution >= 4 is 15.9 Å². The maximum Gasteiger partial charge on any atom is 0.132 e. The molecule has 0 fully saturated rings. The van der Waals surface area contributed by atoms with Crippen LogP contribution < -0.4 is 0 Å². The van der Waals surface area contributed by atoms with Gasteiger partial charge in [-0.15, -0.1) is 0 Å². The molecule has 0 saturated heterocycles. The van der Waals surface area contributed by atoms with E-state index < -0.39 is 0 Å². The molecule has 1 rings (SSSR count). The fourth-order valence-electron chi connectivity index (χ4n) is 0.919. The van der Waals surface area contributed by atoms with Crippen molar-refractivity contribution in [3.05, 3.63) is 38.7 Å². The first-order valence-corrected chi connectivity index (χ1v) is 5.01. The predicted octanol–water partition coefficient (Wildman–Crippen LogP) is 3.21. The normalized spacial score (nSPS) is 8.60. The van der Waals surface area contributed by atoms with Gasteiger partial charge in [-0.1, -0.05) is 32.9 Å². The summed E-state index contributed by atoms with van der Waals surface area (Å²) in [6, 6.07) is 5.11. The number of rotatable bonds is 2. The molecular weight excluding hydrogens is 258 g/mol. The summed E-state index contributed by atoms with van der Waals surface area (Å²) in [5, 5.41) is 12.8. The average molecular weight is 266 g/mol. The highest BCUT2D eigenvalue weighted by molar-refractivity contribution is 9.10. The minimum atomic E-state index is 0.139. The highest BCUT2D eigenvalue weighted by atomic mass is 79.9. The molecule has 5 heteroatoms. The number of azide groups is 1. The Bertz CT molecular complexity index is 455. The molecule has 0 spiro atoms. The van der Waals surface area contributed by atoms with Crippen molar-refractivity contribution in [2.45, 2.75) is 6.42 Å². The van der Waals surface area contributed by atoms with Gasteiger partial charge in [-0.3, -0.25) is 0 Å². The van der Waals surface area contributed by atoms with Crippen molar-refractivity contribution in [2.24, 2.45) is 5.11 Å². The third kappa shape index (κ3) is 3.94. The first kappa shape index (κ1) is 11.4. The molecule has 1 aromatic rings. The third-order valence-electron chi connectivity index (χ3n) is 1.58. The lowest BCUT2D eigenvalue weighted by Crippen LogP contribution is -1.78. The van der Waals surface area contributed by atoms with E-state index in [0.717, 1.165) is 4.47 Å². The molecule has 0 heterocycles. The number of hydrogen-bond acceptors (Lipinski definition) is 2. The standard InChI is InChI=1S/C10H8BrN3O/c11-9-5-4-8(10(15)7-9)3-1-2-6-13-14-12/h4-5,7,15H,2,6H2. The van der Waals surface area contributed by atoms with Gasteiger partial charge < -0.3 is 5.11 Å². The summed E-state index contributed by atoms with van der Waals surface area (Å²) < 4.78 is 0.805. The monoisotopic (exact) mass is 265 g/mol. The Morgan fingerprint density at radius 2 is 2.33 bits per heavy atom. The van der Waals surface area contributed by atoms with Gasteiger partial charge in [-0.25, -0.2) is 0 Å². The quantitative estimate of drug-likeness (QED) is 0.288. The molecule has 1 N–H and O–H groups in total. The van der Waals surface area contributed by atoms with E-state index in [1.807, 2.05) is 0 Å². The molecule has 76 valence electrons. The highest BCUT2D eigenvalue weighted by Gasteiger charge is 1.96. The van der Waals surface area contributed by atoms with E-state index in [1.165, 1.54) is 0 Å². The van der Waals surface area contributed by atoms with E-state index in [4.69, 9.17) is 5.53 Å². The van der Waals surface area contributed by atoms with Gasteiger partial charge in [0.25, 0.3) is 0 Å². The number of halogens is 1. The fourth-order valence-corrected chi connectivity index (χ4v) is 1.27. The number of phenolic OH excluding ortho intramolecular Hbond substituents is 1. The lowest BCUT2D eigenvalue weighted by atomic mass is 10.2. The summed E-state index contributed by atoms with van der Waals surface area (Å²) in [4.78, 5) is 2.61. The van der Waals surface area contributed by atoms with Gasteiger partial charge in [0.1, 0.15) is 5.75 Å². The van der Waals surface area contributed by atoms with Gasteiger partial charge in [0.15, 0.2) is 0 Å². The highest BCUT2D eigenvalue weighted by Crippen LogP contribution is 2.21. The van der Waals surface area contributed by atoms with Crippen LogP contribution in [0.2, 0.25) is 0 Å². The van der Waals surface area contributed by atoms with Crippen LogP contribution in [-0.2, 0) is 0 Å². The molecule has 0 atom stereocenters. The van der Waals surface area contributed by atoms with Gasteiger partial charge in [0.05, 0.1) is 5.56 Å². The third-order valence-corrected chi connectivity index (χ3v) is 2.08. The molecule has 0 unspecified atom stereocenters. The number of hydrogen-bond donors (Lipinski definition) is 1. The number of nitrogens with zero attached hydrogens (tertiary/aromatic N) is 3. The topological polar surface area (TPSA) is 69.0 Å². The molecule has 0 aromatic heterocycles. The maximum absolute atomic E-state index is 9.48. The number of phenols is 1. The van der Waals surface area contributed by atoms with Crippen molar-refractivity contribution in [1.82, 2.24) is 0 Å². The van der Waals surface area contributed by atoms with Gasteiger partial charge in [-0.05, 0) is 23.7 Å². The van der Waals surface area contributed by atoms with Crippen LogP contribution in [0.1, 0.15) is 12.0 Å². The van der Waals surface area contributed by atoms with Crippen LogP contribution in [0.25, 0.3) is 10.4 Å². The van der Waals surface area contributed by atoms with Crippen molar-refractivity contribution in [3.8, 4) is 17.6 Å². The second kappa shape index (κ2) is 5.97. The van der Waals surface area contributed by atoms with E-state index >= 15 is 0 Å². The van der Waals surface area contributed by atoms with E-state index in [1.54, 1.807) is 18.2 Å². The molecular formula is C10H8BrN3O. The predicted molar refractivity (Wildman–Crippen MR) is 61.3 cm³/mol. The van der Waals surface area contributed by atoms with Gasteiger partial charge in [0, 0.05) is 22.4 Å². The first-order valence-electron chi connectivity index (χ1n) is 4.22. The van der Waals surface area contributed by atoms with Crippen LogP contribution in [-0.4, -0.2) is 11.7 Å². The minimum Gasteiger partial charge on any atom is -0.507 e. The van der Waals surface area contributed by atoms with Crippen molar-refractivity contribution in [2.75, 3.05) is 6.54 Å². The zero-order valence-corrected chi connectivity index (χ0v) is 9.40. The Labute approximate surface area is 95.7 Å². The summed E-state index contributed by atoms with van der Waals surface area (Å²) >= 11 is 3.24. The SMILES string of the molecule is [N-]=[N+]=NCCC#Cc1ccc(Br)cc1O. The molecule has 15 heavy (non-hydrogen) atoms. The van der Waals surface area contributed by atoms with Crippen LogP contribution in [0.5, 0.6) is 5.75 Å². The zero-order valence-electron chi connectivity index (χ0n) is 7.81. The van der Waals surface area contributed by atoms with Crippen molar-refractivity contribution < 1.29 is 5.11 Å². The van der Waals surface area contributed by atoms with E-state index in [-0.39, 0.29) is 5.75 Å². The Morgan fingerprint density at radius 1 is 1.53 bits per heavy atom. The van der Waals surface area contributed by atoms with Crippen LogP contribution in [0.3, 0.4) is 0 Å². The molecule has 0 radical (unpaired) electrons. The average Bonchev–Trinajstić information content (AvgIpc) is 2.20. The Kier molecular flexibility index (Phi) is 4.55. The maximum atomic E-state index is 9.48. The first-order chi connectivity index (χ1) is 7.24. The summed E-state index contributed by atoms with van der Waals surface area (Å²) in [5.41, 5.74) is 8.59. The Hall–Kier alpha value is -1.63. The lowest BCUT2D eigenvalue weighted by molar-refractivity contribution is 0.473. The zero-order chi connectivity index (χ0) is 11.1. The van der Waals surface area contributed by atoms with Crippen LogP contribution in [0.15, 0.2) is 27.8 Å². The molecule has 0 aliphatic rings. The lowest BCUT2D eigenvalue weighted by Gasteiger charge is -1.96. The van der Waals surface area contributed by atoms with Gasteiger partial charge in [0.2, 0.25) is 0 Å². The van der Waals surface area contributed by atoms with E-state index in [9.17, 15) is 5.11 Å². The largest absolute Gasteiger partial charge is 0.507 e. The molecule has 0 aliphatic heterocycles. The summed E-state index contributed by atoms with van der Waals surface area (Å²) in [7, 11) is 0. The van der Waals surface area contributed by atoms with Crippen LogP contribution in [0.4, 0.5) is 0 Å². The van der Waals surface area contributed by atoms with Crippen molar-refractivity contribution in [3.63, 3.8) is 0 Å². The van der Waals surface area contributed by atoms with Gasteiger partial charge in [-0.2, -0.15) is 0 Å². The summed E-state index contributed by atoms with van der Waals surface area (Å²) in [5.74, 6) is 5.74. The number of aromatic hydroxyl groups is 1. The van der Waals surface area contributed by atoms with Crippen LogP contribution >= 0.6 is 15.9 Å². The Balaban J connectivity index is 2.67. The molecule has 4 nitrogen and oxygen atoms in total. The Morgan fingerprint density at radius 3 is 3.00 bits per heavy atom. The minimum absolute atomic E-state index is 0.139. The molecule has 1 aromatic carbocycles. The molecule has 0 aliphatic carbocycles. The summed E-state index contributed by atoms with van der Waals surface area (Å²) in [6.45, 7) is 0.348. The van der Waals surface area contributed by atoms with E-state index in [0.29, 0.717) is 18.5 Å². The smallest absolute Gasteiger partial charge is 0.132 e. The second-order valence-electron chi connectivity index (χ2n) is 2.67. The van der Waals surface area contributed by atoms with E-state index in [2.05, 4.69) is 37.8 Å². The molecule has 0 amide bonds. The summed E-state index contributed by atoms with van der Waals surface area (Å²) in [6.07, 6.45) is 0.486. The second-order valence-corrected chi connectivity index (χ2v) is 3.58. The fraction of sp³-hybridized carbons (Fsp3) is 0.200. The molecule has 0 saturated carbocycles.